The minimum absolute atomic E-state index is 0.0379. The van der Waals surface area contributed by atoms with Crippen LogP contribution >= 0.6 is 0 Å². The Hall–Kier alpha value is -1.42. The molecule has 92 valence electrons. The minimum Gasteiger partial charge on any atom is -0.504 e. The van der Waals surface area contributed by atoms with Gasteiger partial charge in [0.05, 0.1) is 0 Å². The first-order valence-corrected chi connectivity index (χ1v) is 6.03. The lowest BCUT2D eigenvalue weighted by Crippen LogP contribution is -2.31. The van der Waals surface area contributed by atoms with Crippen LogP contribution in [0.5, 0.6) is 17.2 Å². The molecule has 3 rings (SSSR count). The summed E-state index contributed by atoms with van der Waals surface area (Å²) in [5.41, 5.74) is 6.86. The molecule has 0 radical (unpaired) electrons. The molecule has 1 fully saturated rings. The molecule has 1 aliphatic heterocycles. The first-order valence-electron chi connectivity index (χ1n) is 6.03. The molecule has 0 bridgehead atoms. The largest absolute Gasteiger partial charge is 0.504 e. The Balaban J connectivity index is 2.07. The monoisotopic (exact) mass is 235 g/mol. The highest BCUT2D eigenvalue weighted by molar-refractivity contribution is 5.59. The predicted molar refractivity (Wildman–Crippen MR) is 63.7 cm³/mol. The highest BCUT2D eigenvalue weighted by Gasteiger charge is 2.49. The van der Waals surface area contributed by atoms with Crippen LogP contribution < -0.4 is 15.2 Å². The highest BCUT2D eigenvalue weighted by atomic mass is 16.6. The molecule has 17 heavy (non-hydrogen) atoms. The smallest absolute Gasteiger partial charge is 0.203 e. The van der Waals surface area contributed by atoms with Gasteiger partial charge >= 0.3 is 0 Å². The molecule has 1 aromatic carbocycles. The van der Waals surface area contributed by atoms with Gasteiger partial charge in [-0.1, -0.05) is 6.07 Å². The van der Waals surface area contributed by atoms with Gasteiger partial charge in [0.25, 0.3) is 0 Å². The second kappa shape index (κ2) is 3.53. The van der Waals surface area contributed by atoms with E-state index in [2.05, 4.69) is 0 Å². The molecule has 0 amide bonds. The van der Waals surface area contributed by atoms with E-state index in [1.807, 2.05) is 19.1 Å². The number of nitrogens with two attached hydrogens (primary N) is 1. The van der Waals surface area contributed by atoms with Crippen LogP contribution in [0.1, 0.15) is 25.3 Å². The highest BCUT2D eigenvalue weighted by Crippen LogP contribution is 2.56. The Morgan fingerprint density at radius 1 is 1.29 bits per heavy atom. The third kappa shape index (κ3) is 1.47. The van der Waals surface area contributed by atoms with Crippen molar-refractivity contribution in [2.24, 2.45) is 5.73 Å². The molecule has 4 heteroatoms. The molecule has 2 aliphatic rings. The first-order chi connectivity index (χ1) is 8.15. The van der Waals surface area contributed by atoms with E-state index in [9.17, 15) is 5.11 Å². The van der Waals surface area contributed by atoms with Crippen LogP contribution in [0.25, 0.3) is 0 Å². The second-order valence-corrected chi connectivity index (χ2v) is 4.93. The molecular formula is C13H17NO3. The van der Waals surface area contributed by atoms with Crippen molar-refractivity contribution in [2.45, 2.75) is 31.2 Å². The third-order valence-corrected chi connectivity index (χ3v) is 3.88. The normalized spacial score (nSPS) is 22.0. The maximum absolute atomic E-state index is 10.3. The van der Waals surface area contributed by atoms with Gasteiger partial charge in [-0.25, -0.2) is 0 Å². The summed E-state index contributed by atoms with van der Waals surface area (Å²) in [5.74, 6) is 1.30. The number of aromatic hydroxyl groups is 1. The maximum Gasteiger partial charge on any atom is 0.203 e. The SMILES string of the molecule is CC(N)C1(c2ccc3c(c2O)OCCO3)CC1. The van der Waals surface area contributed by atoms with Crippen molar-refractivity contribution in [3.63, 3.8) is 0 Å². The molecule has 0 saturated heterocycles. The van der Waals surface area contributed by atoms with Crippen molar-refractivity contribution < 1.29 is 14.6 Å². The number of benzene rings is 1. The van der Waals surface area contributed by atoms with Crippen molar-refractivity contribution >= 4 is 0 Å². The lowest BCUT2D eigenvalue weighted by Gasteiger charge is -2.25. The number of phenolic OH excluding ortho intramolecular Hbond substituents is 1. The van der Waals surface area contributed by atoms with Crippen molar-refractivity contribution in [2.75, 3.05) is 13.2 Å². The van der Waals surface area contributed by atoms with Crippen molar-refractivity contribution in [3.8, 4) is 17.2 Å². The topological polar surface area (TPSA) is 64.7 Å². The molecule has 1 heterocycles. The zero-order valence-electron chi connectivity index (χ0n) is 9.90. The molecule has 1 aliphatic carbocycles. The number of phenols is 1. The fourth-order valence-electron chi connectivity index (χ4n) is 2.61. The van der Waals surface area contributed by atoms with Gasteiger partial charge in [0.2, 0.25) is 5.75 Å². The summed E-state index contributed by atoms with van der Waals surface area (Å²) in [5, 5.41) is 10.3. The maximum atomic E-state index is 10.3. The van der Waals surface area contributed by atoms with Gasteiger partial charge in [0, 0.05) is 17.0 Å². The number of hydrogen-bond donors (Lipinski definition) is 2. The van der Waals surface area contributed by atoms with Crippen LogP contribution in [0, 0.1) is 0 Å². The Morgan fingerprint density at radius 3 is 2.65 bits per heavy atom. The fourth-order valence-corrected chi connectivity index (χ4v) is 2.61. The summed E-state index contributed by atoms with van der Waals surface area (Å²) in [6, 6.07) is 3.82. The Morgan fingerprint density at radius 2 is 2.00 bits per heavy atom. The minimum atomic E-state index is -0.0695. The van der Waals surface area contributed by atoms with Gasteiger partial charge in [0.15, 0.2) is 11.5 Å². The van der Waals surface area contributed by atoms with Crippen molar-refractivity contribution in [1.82, 2.24) is 0 Å². The van der Waals surface area contributed by atoms with E-state index < -0.39 is 0 Å². The van der Waals surface area contributed by atoms with Crippen LogP contribution in [0.3, 0.4) is 0 Å². The summed E-state index contributed by atoms with van der Waals surface area (Å²) in [6.45, 7) is 3.00. The quantitative estimate of drug-likeness (QED) is 0.816. The van der Waals surface area contributed by atoms with Crippen molar-refractivity contribution in [3.05, 3.63) is 17.7 Å². The lowest BCUT2D eigenvalue weighted by molar-refractivity contribution is 0.165. The molecule has 1 unspecified atom stereocenters. The number of ether oxygens (including phenoxy) is 2. The molecule has 4 nitrogen and oxygen atoms in total. The summed E-state index contributed by atoms with van der Waals surface area (Å²) in [6.07, 6.45) is 2.05. The van der Waals surface area contributed by atoms with Gasteiger partial charge in [-0.2, -0.15) is 0 Å². The summed E-state index contributed by atoms with van der Waals surface area (Å²) in [4.78, 5) is 0. The first kappa shape index (κ1) is 10.7. The van der Waals surface area contributed by atoms with E-state index in [0.29, 0.717) is 24.7 Å². The Kier molecular flexibility index (Phi) is 2.23. The number of rotatable bonds is 2. The lowest BCUT2D eigenvalue weighted by atomic mass is 9.88. The standard InChI is InChI=1S/C13H17NO3/c1-8(14)13(4-5-13)9-2-3-10-12(11(9)15)17-7-6-16-10/h2-3,8,15H,4-7,14H2,1H3. The Bertz CT molecular complexity index is 452. The number of hydrogen-bond acceptors (Lipinski definition) is 4. The van der Waals surface area contributed by atoms with Gasteiger partial charge in [0.1, 0.15) is 13.2 Å². The average Bonchev–Trinajstić information content (AvgIpc) is 3.11. The van der Waals surface area contributed by atoms with E-state index in [4.69, 9.17) is 15.2 Å². The van der Waals surface area contributed by atoms with Crippen LogP contribution in [-0.4, -0.2) is 24.4 Å². The van der Waals surface area contributed by atoms with Crippen LogP contribution in [0.4, 0.5) is 0 Å². The predicted octanol–water partition coefficient (Wildman–Crippen LogP) is 1.54. The molecule has 1 aromatic rings. The molecule has 3 N–H and O–H groups in total. The van der Waals surface area contributed by atoms with Crippen LogP contribution in [0.15, 0.2) is 12.1 Å². The van der Waals surface area contributed by atoms with E-state index in [0.717, 1.165) is 18.4 Å². The number of fused-ring (bicyclic) bond motifs is 1. The average molecular weight is 235 g/mol. The fraction of sp³-hybridized carbons (Fsp3) is 0.538. The molecule has 1 atom stereocenters. The van der Waals surface area contributed by atoms with E-state index >= 15 is 0 Å². The zero-order chi connectivity index (χ0) is 12.0. The van der Waals surface area contributed by atoms with Gasteiger partial charge in [-0.15, -0.1) is 0 Å². The molecule has 1 saturated carbocycles. The second-order valence-electron chi connectivity index (χ2n) is 4.93. The van der Waals surface area contributed by atoms with E-state index in [1.165, 1.54) is 0 Å². The summed E-state index contributed by atoms with van der Waals surface area (Å²) in [7, 11) is 0. The van der Waals surface area contributed by atoms with Gasteiger partial charge < -0.3 is 20.3 Å². The van der Waals surface area contributed by atoms with E-state index in [1.54, 1.807) is 0 Å². The van der Waals surface area contributed by atoms with Crippen LogP contribution in [0.2, 0.25) is 0 Å². The summed E-state index contributed by atoms with van der Waals surface area (Å²) < 4.78 is 10.9. The third-order valence-electron chi connectivity index (χ3n) is 3.88. The Labute approximate surface area is 100 Å². The van der Waals surface area contributed by atoms with Gasteiger partial charge in [-0.05, 0) is 25.8 Å². The molecule has 0 spiro atoms. The zero-order valence-corrected chi connectivity index (χ0v) is 9.90. The van der Waals surface area contributed by atoms with Gasteiger partial charge in [-0.3, -0.25) is 0 Å². The molecular weight excluding hydrogens is 218 g/mol. The van der Waals surface area contributed by atoms with Crippen LogP contribution in [-0.2, 0) is 5.41 Å². The molecule has 0 aromatic heterocycles. The van der Waals surface area contributed by atoms with E-state index in [-0.39, 0.29) is 17.2 Å². The summed E-state index contributed by atoms with van der Waals surface area (Å²) >= 11 is 0. The van der Waals surface area contributed by atoms with Crippen molar-refractivity contribution in [1.29, 1.82) is 0 Å².